The number of methoxy groups -OCH3 is 1. The van der Waals surface area contributed by atoms with Crippen molar-refractivity contribution in [1.82, 2.24) is 0 Å². The van der Waals surface area contributed by atoms with E-state index in [2.05, 4.69) is 23.8 Å². The topological polar surface area (TPSA) is 26.3 Å². The molecule has 0 fully saturated rings. The fourth-order valence-electron chi connectivity index (χ4n) is 2.97. The average Bonchev–Trinajstić information content (AvgIpc) is 2.60. The maximum Gasteiger partial charge on any atom is 0.305 e. The first kappa shape index (κ1) is 23.2. The first-order valence-corrected chi connectivity index (χ1v) is 10.5. The Morgan fingerprint density at radius 1 is 0.667 bits per heavy atom. The Labute approximate surface area is 151 Å². The fourth-order valence-corrected chi connectivity index (χ4v) is 2.97. The highest BCUT2D eigenvalue weighted by atomic mass is 16.5. The molecule has 0 aliphatic carbocycles. The molecule has 0 aromatic carbocycles. The third-order valence-electron chi connectivity index (χ3n) is 4.62. The van der Waals surface area contributed by atoms with Gasteiger partial charge in [0.15, 0.2) is 0 Å². The second-order valence-corrected chi connectivity index (χ2v) is 6.97. The summed E-state index contributed by atoms with van der Waals surface area (Å²) >= 11 is 0. The Morgan fingerprint density at radius 3 is 1.54 bits per heavy atom. The quantitative estimate of drug-likeness (QED) is 0.148. The van der Waals surface area contributed by atoms with Crippen molar-refractivity contribution in [3.63, 3.8) is 0 Å². The van der Waals surface area contributed by atoms with E-state index in [1.54, 1.807) is 0 Å². The molecule has 0 aromatic rings. The molecule has 0 aliphatic rings. The van der Waals surface area contributed by atoms with Gasteiger partial charge < -0.3 is 4.74 Å². The molecule has 0 bridgehead atoms. The summed E-state index contributed by atoms with van der Waals surface area (Å²) in [5, 5.41) is 0. The number of allylic oxidation sites excluding steroid dienone is 2. The number of carbonyl (C=O) groups excluding carboxylic acids is 1. The maximum atomic E-state index is 11.0. The zero-order valence-electron chi connectivity index (χ0n) is 16.5. The van der Waals surface area contributed by atoms with Crippen LogP contribution in [0.3, 0.4) is 0 Å². The zero-order chi connectivity index (χ0) is 17.7. The normalized spacial score (nSPS) is 11.2. The van der Waals surface area contributed by atoms with Crippen molar-refractivity contribution in [2.45, 2.75) is 116 Å². The van der Waals surface area contributed by atoms with Gasteiger partial charge in [0.2, 0.25) is 0 Å². The predicted octanol–water partition coefficient (Wildman–Crippen LogP) is 7.37. The summed E-state index contributed by atoms with van der Waals surface area (Å²) in [6.45, 7) is 2.27. The van der Waals surface area contributed by atoms with Crippen molar-refractivity contribution >= 4 is 5.97 Å². The first-order valence-electron chi connectivity index (χ1n) is 10.5. The lowest BCUT2D eigenvalue weighted by Crippen LogP contribution is -1.99. The van der Waals surface area contributed by atoms with Gasteiger partial charge in [0.25, 0.3) is 0 Å². The van der Waals surface area contributed by atoms with Gasteiger partial charge >= 0.3 is 5.97 Å². The summed E-state index contributed by atoms with van der Waals surface area (Å²) in [4.78, 5) is 11.0. The number of ether oxygens (including phenoxy) is 1. The molecule has 0 heterocycles. The van der Waals surface area contributed by atoms with E-state index in [0.717, 1.165) is 12.8 Å². The van der Waals surface area contributed by atoms with E-state index >= 15 is 0 Å². The van der Waals surface area contributed by atoms with Crippen LogP contribution in [-0.4, -0.2) is 13.1 Å². The second kappa shape index (κ2) is 20.3. The lowest BCUT2D eigenvalue weighted by atomic mass is 10.1. The average molecular weight is 339 g/mol. The summed E-state index contributed by atoms with van der Waals surface area (Å²) < 4.78 is 4.64. The molecule has 0 rings (SSSR count). The lowest BCUT2D eigenvalue weighted by molar-refractivity contribution is -0.140. The van der Waals surface area contributed by atoms with E-state index < -0.39 is 0 Å². The largest absolute Gasteiger partial charge is 0.469 e. The molecule has 0 amide bonds. The third-order valence-corrected chi connectivity index (χ3v) is 4.62. The number of hydrogen-bond donors (Lipinski definition) is 0. The van der Waals surface area contributed by atoms with Crippen LogP contribution >= 0.6 is 0 Å². The second-order valence-electron chi connectivity index (χ2n) is 6.97. The number of carbonyl (C=O) groups is 1. The Balaban J connectivity index is 3.09. The van der Waals surface area contributed by atoms with E-state index in [0.29, 0.717) is 6.42 Å². The van der Waals surface area contributed by atoms with Crippen LogP contribution in [0.15, 0.2) is 12.2 Å². The van der Waals surface area contributed by atoms with Crippen LogP contribution in [-0.2, 0) is 9.53 Å². The van der Waals surface area contributed by atoms with Crippen LogP contribution in [0.4, 0.5) is 0 Å². The van der Waals surface area contributed by atoms with Crippen LogP contribution in [0.25, 0.3) is 0 Å². The number of esters is 1. The molecule has 24 heavy (non-hydrogen) atoms. The molecule has 0 aliphatic heterocycles. The minimum atomic E-state index is -0.0699. The molecule has 0 saturated carbocycles. The minimum absolute atomic E-state index is 0.0699. The first-order chi connectivity index (χ1) is 11.8. The summed E-state index contributed by atoms with van der Waals surface area (Å²) in [6.07, 6.45) is 26.4. The van der Waals surface area contributed by atoms with Gasteiger partial charge in [0, 0.05) is 6.42 Å². The third kappa shape index (κ3) is 19.3. The van der Waals surface area contributed by atoms with Gasteiger partial charge in [-0.05, 0) is 32.1 Å². The molecule has 0 radical (unpaired) electrons. The van der Waals surface area contributed by atoms with Crippen molar-refractivity contribution in [1.29, 1.82) is 0 Å². The highest BCUT2D eigenvalue weighted by Gasteiger charge is 1.98. The monoisotopic (exact) mass is 338 g/mol. The summed E-state index contributed by atoms with van der Waals surface area (Å²) in [5.41, 5.74) is 0. The molecule has 2 nitrogen and oxygen atoms in total. The van der Waals surface area contributed by atoms with Crippen LogP contribution in [0.5, 0.6) is 0 Å². The number of unbranched alkanes of at least 4 members (excludes halogenated alkanes) is 14. The smallest absolute Gasteiger partial charge is 0.305 e. The predicted molar refractivity (Wildman–Crippen MR) is 105 cm³/mol. The number of rotatable bonds is 18. The fraction of sp³-hybridized carbons (Fsp3) is 0.864. The Kier molecular flexibility index (Phi) is 19.6. The highest BCUT2D eigenvalue weighted by molar-refractivity contribution is 5.68. The molecule has 2 heteroatoms. The van der Waals surface area contributed by atoms with E-state index in [9.17, 15) is 4.79 Å². The highest BCUT2D eigenvalue weighted by Crippen LogP contribution is 2.11. The van der Waals surface area contributed by atoms with E-state index in [-0.39, 0.29) is 5.97 Å². The molecule has 142 valence electrons. The summed E-state index contributed by atoms with van der Waals surface area (Å²) in [6, 6.07) is 0. The molecular formula is C22H42O2. The molecule has 0 N–H and O–H groups in total. The van der Waals surface area contributed by atoms with Gasteiger partial charge in [0.1, 0.15) is 0 Å². The van der Waals surface area contributed by atoms with E-state index in [1.807, 2.05) is 0 Å². The standard InChI is InChI=1S/C22H42O2/c1-3-4-5-6-7-8-9-10-11-12-13-14-15-16-17-18-19-20-21-22(23)24-2/h10-11H,3-9,12-21H2,1-2H3/b11-10+. The van der Waals surface area contributed by atoms with Gasteiger partial charge in [-0.25, -0.2) is 0 Å². The van der Waals surface area contributed by atoms with Crippen molar-refractivity contribution < 1.29 is 9.53 Å². The van der Waals surface area contributed by atoms with Gasteiger partial charge in [-0.1, -0.05) is 89.7 Å². The van der Waals surface area contributed by atoms with Crippen LogP contribution < -0.4 is 0 Å². The van der Waals surface area contributed by atoms with Crippen LogP contribution in [0.1, 0.15) is 116 Å². The number of hydrogen-bond acceptors (Lipinski definition) is 2. The van der Waals surface area contributed by atoms with Gasteiger partial charge in [-0.15, -0.1) is 0 Å². The van der Waals surface area contributed by atoms with Crippen molar-refractivity contribution in [2.24, 2.45) is 0 Å². The molecule has 0 atom stereocenters. The summed E-state index contributed by atoms with van der Waals surface area (Å²) in [5.74, 6) is -0.0699. The van der Waals surface area contributed by atoms with Gasteiger partial charge in [-0.2, -0.15) is 0 Å². The van der Waals surface area contributed by atoms with Crippen molar-refractivity contribution in [3.8, 4) is 0 Å². The minimum Gasteiger partial charge on any atom is -0.469 e. The maximum absolute atomic E-state index is 11.0. The van der Waals surface area contributed by atoms with E-state index in [1.165, 1.54) is 97.0 Å². The molecular weight excluding hydrogens is 296 g/mol. The Hall–Kier alpha value is -0.790. The molecule has 0 saturated heterocycles. The SMILES string of the molecule is CCCCCCCC/C=C/CCCCCCCCCCC(=O)OC. The van der Waals surface area contributed by atoms with Crippen molar-refractivity contribution in [3.05, 3.63) is 12.2 Å². The molecule has 0 spiro atoms. The van der Waals surface area contributed by atoms with Gasteiger partial charge in [-0.3, -0.25) is 4.79 Å². The molecule has 0 unspecified atom stereocenters. The van der Waals surface area contributed by atoms with Crippen LogP contribution in [0, 0.1) is 0 Å². The van der Waals surface area contributed by atoms with Crippen LogP contribution in [0.2, 0.25) is 0 Å². The Bertz CT molecular complexity index is 284. The zero-order valence-corrected chi connectivity index (χ0v) is 16.5. The van der Waals surface area contributed by atoms with E-state index in [4.69, 9.17) is 0 Å². The molecule has 0 aromatic heterocycles. The lowest BCUT2D eigenvalue weighted by Gasteiger charge is -2.01. The van der Waals surface area contributed by atoms with Gasteiger partial charge in [0.05, 0.1) is 7.11 Å². The summed E-state index contributed by atoms with van der Waals surface area (Å²) in [7, 11) is 1.46. The Morgan fingerprint density at radius 2 is 1.08 bits per heavy atom. The van der Waals surface area contributed by atoms with Crippen molar-refractivity contribution in [2.75, 3.05) is 7.11 Å².